The maximum absolute atomic E-state index is 9.28. The van der Waals surface area contributed by atoms with Crippen molar-refractivity contribution in [3.05, 3.63) is 64.4 Å². The van der Waals surface area contributed by atoms with Crippen LogP contribution in [0.25, 0.3) is 0 Å². The van der Waals surface area contributed by atoms with Crippen molar-refractivity contribution in [3.63, 3.8) is 0 Å². The van der Waals surface area contributed by atoms with Crippen LogP contribution in [0.1, 0.15) is 36.8 Å². The fraction of sp³-hybridized carbons (Fsp3) is 0.250. The third-order valence-electron chi connectivity index (χ3n) is 3.39. The molecule has 0 bridgehead atoms. The summed E-state index contributed by atoms with van der Waals surface area (Å²) in [7, 11) is 0. The van der Waals surface area contributed by atoms with Crippen molar-refractivity contribution < 1.29 is 5.21 Å². The molecule has 0 saturated heterocycles. The van der Waals surface area contributed by atoms with E-state index in [4.69, 9.17) is 0 Å². The highest BCUT2D eigenvalue weighted by Crippen LogP contribution is 2.27. The summed E-state index contributed by atoms with van der Waals surface area (Å²) in [6.45, 7) is 2.15. The highest BCUT2D eigenvalue weighted by molar-refractivity contribution is 9.10. The normalized spacial score (nSPS) is 13.2. The fourth-order valence-electron chi connectivity index (χ4n) is 2.25. The van der Waals surface area contributed by atoms with Gasteiger partial charge in [0.25, 0.3) is 0 Å². The molecule has 20 heavy (non-hydrogen) atoms. The minimum absolute atomic E-state index is 0.326. The van der Waals surface area contributed by atoms with E-state index in [9.17, 15) is 5.21 Å². The van der Waals surface area contributed by atoms with Crippen molar-refractivity contribution in [3.8, 4) is 0 Å². The van der Waals surface area contributed by atoms with Gasteiger partial charge in [-0.05, 0) is 42.2 Å². The van der Waals surface area contributed by atoms with E-state index >= 15 is 0 Å². The van der Waals surface area contributed by atoms with Gasteiger partial charge in [0.2, 0.25) is 0 Å². The molecule has 1 atom stereocenters. The van der Waals surface area contributed by atoms with E-state index in [-0.39, 0.29) is 0 Å². The lowest BCUT2D eigenvalue weighted by molar-refractivity contribution is 0.317. The number of nitrogens with zero attached hydrogens (tertiary/aromatic N) is 2. The average molecular weight is 333 g/mol. The molecule has 1 aromatic carbocycles. The first-order chi connectivity index (χ1) is 9.74. The van der Waals surface area contributed by atoms with Crippen LogP contribution in [0.2, 0.25) is 0 Å². The lowest BCUT2D eigenvalue weighted by Crippen LogP contribution is -2.08. The second kappa shape index (κ2) is 7.20. The summed E-state index contributed by atoms with van der Waals surface area (Å²) < 4.78 is 1.07. The minimum atomic E-state index is 0.326. The SMILES string of the molecule is CCC(C/C(=N\O)c1ccncc1)c1cccc(Br)c1. The molecule has 2 rings (SSSR count). The van der Waals surface area contributed by atoms with Crippen molar-refractivity contribution in [2.24, 2.45) is 5.16 Å². The van der Waals surface area contributed by atoms with E-state index in [1.165, 1.54) is 5.56 Å². The first kappa shape index (κ1) is 14.7. The molecule has 2 aromatic rings. The number of oxime groups is 1. The van der Waals surface area contributed by atoms with E-state index in [1.807, 2.05) is 24.3 Å². The molecule has 0 spiro atoms. The van der Waals surface area contributed by atoms with Gasteiger partial charge in [0, 0.05) is 28.9 Å². The Hall–Kier alpha value is -1.68. The second-order valence-electron chi connectivity index (χ2n) is 4.65. The van der Waals surface area contributed by atoms with Crippen LogP contribution in [0.5, 0.6) is 0 Å². The maximum Gasteiger partial charge on any atom is 0.0874 e. The van der Waals surface area contributed by atoms with Crippen LogP contribution in [0.3, 0.4) is 0 Å². The number of hydrogen-bond acceptors (Lipinski definition) is 3. The van der Waals surface area contributed by atoms with Gasteiger partial charge in [-0.3, -0.25) is 4.98 Å². The Kier molecular flexibility index (Phi) is 5.30. The Morgan fingerprint density at radius 1 is 1.30 bits per heavy atom. The zero-order valence-corrected chi connectivity index (χ0v) is 12.9. The van der Waals surface area contributed by atoms with E-state index in [2.05, 4.69) is 45.1 Å². The topological polar surface area (TPSA) is 45.5 Å². The minimum Gasteiger partial charge on any atom is -0.411 e. The molecule has 1 unspecified atom stereocenters. The molecule has 0 aliphatic rings. The highest BCUT2D eigenvalue weighted by atomic mass is 79.9. The third-order valence-corrected chi connectivity index (χ3v) is 3.88. The smallest absolute Gasteiger partial charge is 0.0874 e. The molecule has 1 heterocycles. The zero-order chi connectivity index (χ0) is 14.4. The third kappa shape index (κ3) is 3.67. The predicted octanol–water partition coefficient (Wildman–Crippen LogP) is 4.61. The summed E-state index contributed by atoms with van der Waals surface area (Å²) in [4.78, 5) is 3.99. The average Bonchev–Trinajstić information content (AvgIpc) is 2.49. The van der Waals surface area contributed by atoms with Gasteiger partial charge in [-0.1, -0.05) is 40.1 Å². The molecular formula is C16H17BrN2O. The quantitative estimate of drug-likeness (QED) is 0.493. The van der Waals surface area contributed by atoms with Gasteiger partial charge < -0.3 is 5.21 Å². The zero-order valence-electron chi connectivity index (χ0n) is 11.3. The summed E-state index contributed by atoms with van der Waals surface area (Å²) in [5.41, 5.74) is 2.85. The van der Waals surface area contributed by atoms with Crippen LogP contribution >= 0.6 is 15.9 Å². The van der Waals surface area contributed by atoms with Gasteiger partial charge in [0.1, 0.15) is 0 Å². The summed E-state index contributed by atoms with van der Waals surface area (Å²) >= 11 is 3.50. The standard InChI is InChI=1S/C16H17BrN2O/c1-2-12(14-4-3-5-15(17)10-14)11-16(19-20)13-6-8-18-9-7-13/h3-10,12,20H,2,11H2,1H3/b19-16+. The van der Waals surface area contributed by atoms with Crippen LogP contribution in [0, 0.1) is 0 Å². The summed E-state index contributed by atoms with van der Waals surface area (Å²) in [6, 6.07) is 12.0. The van der Waals surface area contributed by atoms with Crippen LogP contribution in [-0.4, -0.2) is 15.9 Å². The largest absolute Gasteiger partial charge is 0.411 e. The van der Waals surface area contributed by atoms with Crippen LogP contribution in [0.4, 0.5) is 0 Å². The Labute approximate surface area is 127 Å². The number of benzene rings is 1. The van der Waals surface area contributed by atoms with E-state index in [1.54, 1.807) is 12.4 Å². The van der Waals surface area contributed by atoms with Crippen molar-refractivity contribution >= 4 is 21.6 Å². The van der Waals surface area contributed by atoms with Gasteiger partial charge in [-0.15, -0.1) is 0 Å². The molecular weight excluding hydrogens is 316 g/mol. The Balaban J connectivity index is 2.21. The highest BCUT2D eigenvalue weighted by Gasteiger charge is 2.15. The van der Waals surface area contributed by atoms with Crippen molar-refractivity contribution in [1.29, 1.82) is 0 Å². The van der Waals surface area contributed by atoms with Gasteiger partial charge in [-0.25, -0.2) is 0 Å². The number of rotatable bonds is 5. The summed E-state index contributed by atoms with van der Waals surface area (Å²) in [5.74, 6) is 0.326. The molecule has 0 radical (unpaired) electrons. The molecule has 3 nitrogen and oxygen atoms in total. The number of pyridine rings is 1. The predicted molar refractivity (Wildman–Crippen MR) is 84.4 cm³/mol. The lowest BCUT2D eigenvalue weighted by Gasteiger charge is -2.16. The van der Waals surface area contributed by atoms with Crippen molar-refractivity contribution in [2.75, 3.05) is 0 Å². The van der Waals surface area contributed by atoms with Gasteiger partial charge in [0.05, 0.1) is 5.71 Å². The molecule has 0 aliphatic carbocycles. The van der Waals surface area contributed by atoms with E-state index in [0.717, 1.165) is 16.5 Å². The summed E-state index contributed by atoms with van der Waals surface area (Å²) in [6.07, 6.45) is 5.11. The molecule has 0 fully saturated rings. The molecule has 0 aliphatic heterocycles. The molecule has 1 N–H and O–H groups in total. The Morgan fingerprint density at radius 3 is 2.65 bits per heavy atom. The number of hydrogen-bond donors (Lipinski definition) is 1. The first-order valence-corrected chi connectivity index (χ1v) is 7.40. The van der Waals surface area contributed by atoms with E-state index in [0.29, 0.717) is 18.1 Å². The van der Waals surface area contributed by atoms with Gasteiger partial charge in [0.15, 0.2) is 0 Å². The number of aromatic nitrogens is 1. The van der Waals surface area contributed by atoms with Crippen LogP contribution in [0.15, 0.2) is 58.4 Å². The fourth-order valence-corrected chi connectivity index (χ4v) is 2.67. The monoisotopic (exact) mass is 332 g/mol. The van der Waals surface area contributed by atoms with Crippen LogP contribution in [-0.2, 0) is 0 Å². The van der Waals surface area contributed by atoms with E-state index < -0.39 is 0 Å². The molecule has 0 saturated carbocycles. The molecule has 4 heteroatoms. The number of halogens is 1. The summed E-state index contributed by atoms with van der Waals surface area (Å²) in [5, 5.41) is 12.8. The molecule has 1 aromatic heterocycles. The van der Waals surface area contributed by atoms with Crippen molar-refractivity contribution in [1.82, 2.24) is 4.98 Å². The molecule has 104 valence electrons. The Bertz CT molecular complexity index is 584. The maximum atomic E-state index is 9.28. The van der Waals surface area contributed by atoms with Gasteiger partial charge in [-0.2, -0.15) is 0 Å². The first-order valence-electron chi connectivity index (χ1n) is 6.61. The van der Waals surface area contributed by atoms with Crippen molar-refractivity contribution in [2.45, 2.75) is 25.7 Å². The second-order valence-corrected chi connectivity index (χ2v) is 5.56. The molecule has 0 amide bonds. The Morgan fingerprint density at radius 2 is 2.05 bits per heavy atom. The van der Waals surface area contributed by atoms with Gasteiger partial charge >= 0.3 is 0 Å². The lowest BCUT2D eigenvalue weighted by atomic mass is 9.89. The van der Waals surface area contributed by atoms with Crippen LogP contribution < -0.4 is 0 Å².